The highest BCUT2D eigenvalue weighted by atomic mass is 79.9. The van der Waals surface area contributed by atoms with E-state index in [1.165, 1.54) is 4.90 Å². The van der Waals surface area contributed by atoms with Crippen molar-refractivity contribution in [2.24, 2.45) is 16.4 Å². The topological polar surface area (TPSA) is 51.5 Å². The number of piperidine rings is 1. The third-order valence-electron chi connectivity index (χ3n) is 4.44. The molecule has 8 heteroatoms. The summed E-state index contributed by atoms with van der Waals surface area (Å²) in [6.45, 7) is 7.05. The molecule has 1 aromatic rings. The zero-order valence-corrected chi connectivity index (χ0v) is 18.0. The van der Waals surface area contributed by atoms with Gasteiger partial charge in [-0.25, -0.2) is 5.53 Å². The Kier molecular flexibility index (Phi) is 7.52. The van der Waals surface area contributed by atoms with Gasteiger partial charge in [0, 0.05) is 18.0 Å². The molecule has 2 N–H and O–H groups in total. The summed E-state index contributed by atoms with van der Waals surface area (Å²) < 4.78 is 38.1. The lowest BCUT2D eigenvalue weighted by Crippen LogP contribution is -2.39. The summed E-state index contributed by atoms with van der Waals surface area (Å²) >= 11 is 3.49. The fourth-order valence-corrected chi connectivity index (χ4v) is 3.48. The van der Waals surface area contributed by atoms with Crippen molar-refractivity contribution < 1.29 is 13.2 Å². The van der Waals surface area contributed by atoms with Gasteiger partial charge in [-0.1, -0.05) is 32.6 Å². The van der Waals surface area contributed by atoms with Gasteiger partial charge in [-0.05, 0) is 59.4 Å². The van der Waals surface area contributed by atoms with Gasteiger partial charge in [0.25, 0.3) is 0 Å². The minimum absolute atomic E-state index is 0.0754. The van der Waals surface area contributed by atoms with Gasteiger partial charge in [-0.15, -0.1) is 0 Å². The predicted octanol–water partition coefficient (Wildman–Crippen LogP) is 6.20. The number of benzene rings is 1. The van der Waals surface area contributed by atoms with E-state index < -0.39 is 12.7 Å². The Morgan fingerprint density at radius 2 is 1.89 bits per heavy atom. The van der Waals surface area contributed by atoms with Crippen molar-refractivity contribution in [1.82, 2.24) is 4.90 Å². The number of hydrogen-bond acceptors (Lipinski definition) is 4. The smallest absolute Gasteiger partial charge is 0.383 e. The van der Waals surface area contributed by atoms with Crippen LogP contribution in [0.15, 0.2) is 21.7 Å². The monoisotopic (exact) mass is 458 g/mol. The number of likely N-dealkylation sites (tertiary alicyclic amines) is 1. The Morgan fingerprint density at radius 1 is 1.25 bits per heavy atom. The molecule has 0 amide bonds. The van der Waals surface area contributed by atoms with Crippen LogP contribution in [0.25, 0.3) is 0 Å². The fourth-order valence-electron chi connectivity index (χ4n) is 2.94. The van der Waals surface area contributed by atoms with Crippen LogP contribution in [0, 0.1) is 28.7 Å². The molecule has 2 rings (SSSR count). The Balaban J connectivity index is 2.05. The number of alkyl halides is 3. The van der Waals surface area contributed by atoms with Crippen molar-refractivity contribution in [3.05, 3.63) is 22.2 Å². The maximum atomic E-state index is 12.5. The minimum atomic E-state index is -4.15. The zero-order chi connectivity index (χ0) is 20.9. The van der Waals surface area contributed by atoms with Crippen molar-refractivity contribution in [2.75, 3.05) is 31.5 Å². The van der Waals surface area contributed by atoms with Crippen molar-refractivity contribution in [3.63, 3.8) is 0 Å². The number of nitrogens with zero attached hydrogens (tertiary/aromatic N) is 2. The number of hydrogen-bond donors (Lipinski definition) is 2. The lowest BCUT2D eigenvalue weighted by atomic mass is 9.96. The van der Waals surface area contributed by atoms with Crippen LogP contribution in [0.4, 0.5) is 24.5 Å². The molecule has 1 heterocycles. The average molecular weight is 459 g/mol. The van der Waals surface area contributed by atoms with Gasteiger partial charge in [-0.3, -0.25) is 4.90 Å². The van der Waals surface area contributed by atoms with Crippen molar-refractivity contribution in [3.8, 4) is 11.8 Å². The van der Waals surface area contributed by atoms with Crippen LogP contribution >= 0.6 is 15.9 Å². The molecule has 0 bridgehead atoms. The second-order valence-corrected chi connectivity index (χ2v) is 9.08. The predicted molar refractivity (Wildman–Crippen MR) is 109 cm³/mol. The Bertz CT molecular complexity index is 752. The quantitative estimate of drug-likeness (QED) is 0.417. The van der Waals surface area contributed by atoms with Gasteiger partial charge in [0.05, 0.1) is 16.7 Å². The molecular weight excluding hydrogens is 433 g/mol. The first-order chi connectivity index (χ1) is 13.0. The molecule has 1 fully saturated rings. The fraction of sp³-hybridized carbons (Fsp3) is 0.600. The number of nitrogens with one attached hydrogen (secondary N) is 2. The lowest BCUT2D eigenvalue weighted by molar-refractivity contribution is -0.148. The molecule has 0 unspecified atom stereocenters. The van der Waals surface area contributed by atoms with E-state index in [1.807, 2.05) is 12.1 Å². The largest absolute Gasteiger partial charge is 0.401 e. The van der Waals surface area contributed by atoms with Gasteiger partial charge < -0.3 is 5.32 Å². The molecular formula is C20H26BrF3N4. The summed E-state index contributed by atoms with van der Waals surface area (Å²) in [5.41, 5.74) is 9.57. The number of anilines is 1. The normalized spacial score (nSPS) is 16.4. The van der Waals surface area contributed by atoms with Crippen LogP contribution in [-0.2, 0) is 0 Å². The summed E-state index contributed by atoms with van der Waals surface area (Å²) in [7, 11) is 0. The van der Waals surface area contributed by atoms with E-state index in [9.17, 15) is 13.2 Å². The van der Waals surface area contributed by atoms with E-state index in [4.69, 9.17) is 5.53 Å². The minimum Gasteiger partial charge on any atom is -0.383 e. The Labute approximate surface area is 172 Å². The third-order valence-corrected chi connectivity index (χ3v) is 5.24. The molecule has 1 aliphatic rings. The van der Waals surface area contributed by atoms with Gasteiger partial charge in [0.2, 0.25) is 0 Å². The molecule has 1 aromatic carbocycles. The standard InChI is InChI=1S/C20H26BrF3N4/c1-19(2,3)12-26-16-7-6-15(17(21)18(16)27-25)5-4-14-8-10-28(11-9-14)13-20(22,23)24/h6-7,14,25-26H,8-13H2,1-3H3. The van der Waals surface area contributed by atoms with Crippen LogP contribution in [0.2, 0.25) is 0 Å². The van der Waals surface area contributed by atoms with Gasteiger partial charge in [0.1, 0.15) is 5.69 Å². The van der Waals surface area contributed by atoms with Crippen molar-refractivity contribution in [1.29, 1.82) is 5.53 Å². The van der Waals surface area contributed by atoms with Crippen molar-refractivity contribution in [2.45, 2.75) is 39.8 Å². The summed E-state index contributed by atoms with van der Waals surface area (Å²) in [4.78, 5) is 1.43. The van der Waals surface area contributed by atoms with E-state index in [2.05, 4.69) is 59.0 Å². The highest BCUT2D eigenvalue weighted by Crippen LogP contribution is 2.36. The van der Waals surface area contributed by atoms with E-state index in [1.54, 1.807) is 0 Å². The zero-order valence-electron chi connectivity index (χ0n) is 16.4. The molecule has 0 atom stereocenters. The third kappa shape index (κ3) is 7.10. The second kappa shape index (κ2) is 9.27. The van der Waals surface area contributed by atoms with Crippen LogP contribution < -0.4 is 5.32 Å². The Hall–Kier alpha value is -1.59. The number of halogens is 4. The molecule has 1 saturated heterocycles. The first-order valence-corrected chi connectivity index (χ1v) is 10.0. The van der Waals surface area contributed by atoms with Crippen LogP contribution in [0.3, 0.4) is 0 Å². The van der Waals surface area contributed by atoms with Crippen LogP contribution in [-0.4, -0.2) is 37.3 Å². The molecule has 4 nitrogen and oxygen atoms in total. The first-order valence-electron chi connectivity index (χ1n) is 9.23. The molecule has 0 spiro atoms. The SMILES string of the molecule is CC(C)(C)CNc1ccc(C#CC2CCN(CC(F)(F)F)CC2)c(Br)c1N=N. The summed E-state index contributed by atoms with van der Waals surface area (Å²) in [6.07, 6.45) is -2.90. The summed E-state index contributed by atoms with van der Waals surface area (Å²) in [6, 6.07) is 3.73. The van der Waals surface area contributed by atoms with Crippen molar-refractivity contribution >= 4 is 27.3 Å². The van der Waals surface area contributed by atoms with Gasteiger partial charge >= 0.3 is 6.18 Å². The molecule has 0 aromatic heterocycles. The molecule has 0 aliphatic carbocycles. The maximum absolute atomic E-state index is 12.5. The number of rotatable bonds is 4. The highest BCUT2D eigenvalue weighted by molar-refractivity contribution is 9.10. The average Bonchev–Trinajstić information content (AvgIpc) is 2.58. The lowest BCUT2D eigenvalue weighted by Gasteiger charge is -2.30. The van der Waals surface area contributed by atoms with E-state index in [0.29, 0.717) is 36.1 Å². The molecule has 0 radical (unpaired) electrons. The summed E-state index contributed by atoms with van der Waals surface area (Å²) in [5.74, 6) is 6.36. The summed E-state index contributed by atoms with van der Waals surface area (Å²) in [5, 5.41) is 6.94. The van der Waals surface area contributed by atoms with E-state index in [0.717, 1.165) is 17.8 Å². The highest BCUT2D eigenvalue weighted by Gasteiger charge is 2.32. The van der Waals surface area contributed by atoms with Crippen LogP contribution in [0.5, 0.6) is 0 Å². The molecule has 154 valence electrons. The first kappa shape index (κ1) is 22.7. The molecule has 0 saturated carbocycles. The maximum Gasteiger partial charge on any atom is 0.401 e. The van der Waals surface area contributed by atoms with E-state index >= 15 is 0 Å². The molecule has 1 aliphatic heterocycles. The van der Waals surface area contributed by atoms with Crippen LogP contribution in [0.1, 0.15) is 39.2 Å². The Morgan fingerprint density at radius 3 is 2.43 bits per heavy atom. The molecule has 28 heavy (non-hydrogen) atoms. The second-order valence-electron chi connectivity index (χ2n) is 8.28. The van der Waals surface area contributed by atoms with Gasteiger partial charge in [-0.2, -0.15) is 18.3 Å². The van der Waals surface area contributed by atoms with Gasteiger partial charge in [0.15, 0.2) is 0 Å². The van der Waals surface area contributed by atoms with E-state index in [-0.39, 0.29) is 11.3 Å².